The van der Waals surface area contributed by atoms with Gasteiger partial charge in [0.15, 0.2) is 5.82 Å². The average molecular weight is 409 g/mol. The van der Waals surface area contributed by atoms with Gasteiger partial charge in [0.1, 0.15) is 5.84 Å². The van der Waals surface area contributed by atoms with Gasteiger partial charge in [-0.15, -0.1) is 0 Å². The number of hydrogen-bond acceptors (Lipinski definition) is 3. The number of hydrogen-bond donors (Lipinski definition) is 1. The summed E-state index contributed by atoms with van der Waals surface area (Å²) in [5.74, 6) is -0.00984. The minimum Gasteiger partial charge on any atom is -0.384 e. The number of aromatic nitrogens is 2. The number of para-hydroxylation sites is 2. The first-order chi connectivity index (χ1) is 14.5. The molecule has 0 atom stereocenters. The molecule has 0 unspecified atom stereocenters. The van der Waals surface area contributed by atoms with Crippen molar-refractivity contribution in [3.63, 3.8) is 0 Å². The number of amidine groups is 1. The van der Waals surface area contributed by atoms with E-state index >= 15 is 0 Å². The topological polar surface area (TPSA) is 59.4 Å². The van der Waals surface area contributed by atoms with Crippen molar-refractivity contribution < 1.29 is 8.78 Å². The molecule has 1 fully saturated rings. The lowest BCUT2D eigenvalue weighted by molar-refractivity contribution is 0.139. The molecule has 2 heterocycles. The number of rotatable bonds is 6. The van der Waals surface area contributed by atoms with Crippen molar-refractivity contribution in [1.82, 2.24) is 9.55 Å². The molecular formula is C23H25F2N5. The fourth-order valence-corrected chi connectivity index (χ4v) is 3.86. The number of anilines is 1. The highest BCUT2D eigenvalue weighted by Gasteiger charge is 2.19. The van der Waals surface area contributed by atoms with Crippen LogP contribution in [0.4, 0.5) is 14.5 Å². The number of allylic oxidation sites excluding steroid dienone is 1. The summed E-state index contributed by atoms with van der Waals surface area (Å²) in [6.45, 7) is 4.38. The number of halogens is 2. The van der Waals surface area contributed by atoms with Gasteiger partial charge in [0.2, 0.25) is 0 Å². The summed E-state index contributed by atoms with van der Waals surface area (Å²) in [5, 5.41) is 0. The predicted octanol–water partition coefficient (Wildman–Crippen LogP) is 4.99. The zero-order chi connectivity index (χ0) is 21.1. The van der Waals surface area contributed by atoms with Crippen molar-refractivity contribution in [2.45, 2.75) is 32.7 Å². The molecule has 0 spiro atoms. The van der Waals surface area contributed by atoms with Crippen LogP contribution in [0.5, 0.6) is 0 Å². The molecule has 5 nitrogen and oxygen atoms in total. The third kappa shape index (κ3) is 4.20. The molecule has 7 heteroatoms. The third-order valence-electron chi connectivity index (χ3n) is 5.34. The smallest absolute Gasteiger partial charge is 0.295 e. The molecule has 1 aromatic heterocycles. The molecule has 1 saturated heterocycles. The molecule has 2 aromatic carbocycles. The number of nitrogens with zero attached hydrogens (tertiary/aromatic N) is 4. The fourth-order valence-electron chi connectivity index (χ4n) is 3.86. The maximum Gasteiger partial charge on any atom is 0.295 e. The van der Waals surface area contributed by atoms with E-state index in [9.17, 15) is 8.78 Å². The Bertz CT molecular complexity index is 1080. The minimum absolute atomic E-state index is 0.286. The van der Waals surface area contributed by atoms with Crippen molar-refractivity contribution in [2.24, 2.45) is 10.7 Å². The zero-order valence-electron chi connectivity index (χ0n) is 16.9. The molecule has 0 saturated carbocycles. The van der Waals surface area contributed by atoms with Crippen LogP contribution in [0, 0.1) is 0 Å². The number of imidazole rings is 1. The Kier molecular flexibility index (Phi) is 5.79. The first-order valence-electron chi connectivity index (χ1n) is 10.1. The van der Waals surface area contributed by atoms with E-state index in [4.69, 9.17) is 5.73 Å². The molecule has 30 heavy (non-hydrogen) atoms. The van der Waals surface area contributed by atoms with Crippen LogP contribution < -0.4 is 10.6 Å². The first-order valence-corrected chi connectivity index (χ1v) is 10.1. The van der Waals surface area contributed by atoms with Gasteiger partial charge in [0, 0.05) is 24.5 Å². The quantitative estimate of drug-likeness (QED) is 0.461. The molecular weight excluding hydrogens is 384 g/mol. The number of aliphatic imine (C=N–C) groups is 1. The van der Waals surface area contributed by atoms with Crippen molar-refractivity contribution in [1.29, 1.82) is 0 Å². The summed E-state index contributed by atoms with van der Waals surface area (Å²) in [4.78, 5) is 10.9. The van der Waals surface area contributed by atoms with Gasteiger partial charge in [-0.2, -0.15) is 0 Å². The lowest BCUT2D eigenvalue weighted by Crippen LogP contribution is -2.17. The second-order valence-electron chi connectivity index (χ2n) is 7.48. The highest BCUT2D eigenvalue weighted by molar-refractivity contribution is 5.96. The Morgan fingerprint density at radius 1 is 1.13 bits per heavy atom. The number of benzene rings is 2. The van der Waals surface area contributed by atoms with E-state index in [0.29, 0.717) is 23.3 Å². The van der Waals surface area contributed by atoms with Gasteiger partial charge < -0.3 is 10.6 Å². The van der Waals surface area contributed by atoms with Crippen LogP contribution in [-0.2, 0) is 6.54 Å². The van der Waals surface area contributed by atoms with Crippen LogP contribution in [0.15, 0.2) is 59.6 Å². The van der Waals surface area contributed by atoms with E-state index in [-0.39, 0.29) is 11.7 Å². The fraction of sp³-hybridized carbons (Fsp3) is 0.304. The second kappa shape index (κ2) is 8.65. The Morgan fingerprint density at radius 3 is 2.53 bits per heavy atom. The summed E-state index contributed by atoms with van der Waals surface area (Å²) >= 11 is 0. The molecule has 1 aliphatic rings. The molecule has 2 N–H and O–H groups in total. The molecule has 0 amide bonds. The Morgan fingerprint density at radius 2 is 1.83 bits per heavy atom. The predicted molar refractivity (Wildman–Crippen MR) is 118 cm³/mol. The van der Waals surface area contributed by atoms with Crippen LogP contribution in [0.3, 0.4) is 0 Å². The summed E-state index contributed by atoms with van der Waals surface area (Å²) in [5.41, 5.74) is 10.0. The van der Waals surface area contributed by atoms with Crippen LogP contribution in [-0.4, -0.2) is 28.5 Å². The minimum atomic E-state index is -2.69. The zero-order valence-corrected chi connectivity index (χ0v) is 16.9. The molecule has 3 aromatic rings. The van der Waals surface area contributed by atoms with Crippen LogP contribution in [0.25, 0.3) is 16.7 Å². The summed E-state index contributed by atoms with van der Waals surface area (Å²) < 4.78 is 28.4. The van der Waals surface area contributed by atoms with E-state index in [0.717, 1.165) is 18.7 Å². The molecule has 1 aliphatic heterocycles. The van der Waals surface area contributed by atoms with Crippen LogP contribution in [0.2, 0.25) is 0 Å². The van der Waals surface area contributed by atoms with Gasteiger partial charge >= 0.3 is 0 Å². The van der Waals surface area contributed by atoms with Gasteiger partial charge in [-0.1, -0.05) is 24.3 Å². The molecule has 0 aliphatic carbocycles. The largest absolute Gasteiger partial charge is 0.384 e. The SMILES string of the molecule is C/C(=C\C(N)=NCc1ccc(N2CCCC2)cc1)n1c(C(F)F)nc2ccccc21. The summed E-state index contributed by atoms with van der Waals surface area (Å²) in [7, 11) is 0. The van der Waals surface area contributed by atoms with Gasteiger partial charge in [-0.05, 0) is 55.7 Å². The Hall–Kier alpha value is -3.22. The Balaban J connectivity index is 1.52. The number of nitrogens with two attached hydrogens (primary N) is 1. The molecule has 156 valence electrons. The van der Waals surface area contributed by atoms with E-state index in [1.807, 2.05) is 0 Å². The monoisotopic (exact) mass is 409 g/mol. The second-order valence-corrected chi connectivity index (χ2v) is 7.48. The van der Waals surface area contributed by atoms with E-state index in [1.165, 1.54) is 23.1 Å². The lowest BCUT2D eigenvalue weighted by Gasteiger charge is -2.17. The number of alkyl halides is 2. The normalized spacial score (nSPS) is 15.5. The summed E-state index contributed by atoms with van der Waals surface area (Å²) in [6.07, 6.45) is 1.41. The maximum atomic E-state index is 13.5. The van der Waals surface area contributed by atoms with Crippen LogP contribution in [0.1, 0.15) is 37.6 Å². The highest BCUT2D eigenvalue weighted by Crippen LogP contribution is 2.27. The summed E-state index contributed by atoms with van der Waals surface area (Å²) in [6, 6.07) is 15.4. The number of fused-ring (bicyclic) bond motifs is 1. The maximum absolute atomic E-state index is 13.5. The van der Waals surface area contributed by atoms with Crippen molar-refractivity contribution in [2.75, 3.05) is 18.0 Å². The Labute approximate surface area is 174 Å². The van der Waals surface area contributed by atoms with Crippen molar-refractivity contribution in [3.8, 4) is 0 Å². The van der Waals surface area contributed by atoms with Crippen molar-refractivity contribution in [3.05, 3.63) is 66.0 Å². The van der Waals surface area contributed by atoms with E-state index in [2.05, 4.69) is 39.1 Å². The molecule has 0 radical (unpaired) electrons. The highest BCUT2D eigenvalue weighted by atomic mass is 19.3. The van der Waals surface area contributed by atoms with Gasteiger partial charge in [0.05, 0.1) is 17.6 Å². The van der Waals surface area contributed by atoms with Gasteiger partial charge in [-0.3, -0.25) is 9.56 Å². The molecule has 4 rings (SSSR count). The van der Waals surface area contributed by atoms with Crippen LogP contribution >= 0.6 is 0 Å². The lowest BCUT2D eigenvalue weighted by atomic mass is 10.2. The van der Waals surface area contributed by atoms with Crippen molar-refractivity contribution >= 4 is 28.3 Å². The van der Waals surface area contributed by atoms with Gasteiger partial charge in [-0.25, -0.2) is 13.8 Å². The van der Waals surface area contributed by atoms with Gasteiger partial charge in [0.25, 0.3) is 6.43 Å². The molecule has 0 bridgehead atoms. The first kappa shape index (κ1) is 20.1. The van der Waals surface area contributed by atoms with E-state index < -0.39 is 6.43 Å². The third-order valence-corrected chi connectivity index (χ3v) is 5.34. The van der Waals surface area contributed by atoms with E-state index in [1.54, 1.807) is 37.3 Å². The standard InChI is InChI=1S/C23H25F2N5/c1-16(30-20-7-3-2-6-19(20)28-23(30)22(24)25)14-21(26)27-15-17-8-10-18(11-9-17)29-12-4-5-13-29/h2-3,6-11,14,22H,4-5,12-13,15H2,1H3,(H2,26,27)/b16-14+. The average Bonchev–Trinajstić information content (AvgIpc) is 3.40.